The number of anilines is 2. The first-order valence-corrected chi connectivity index (χ1v) is 9.14. The van der Waals surface area contributed by atoms with Crippen LogP contribution < -0.4 is 21.7 Å². The van der Waals surface area contributed by atoms with Crippen molar-refractivity contribution in [2.75, 3.05) is 10.6 Å². The molecule has 0 unspecified atom stereocenters. The van der Waals surface area contributed by atoms with Gasteiger partial charge in [0, 0.05) is 11.4 Å². The molecule has 0 radical (unpaired) electrons. The van der Waals surface area contributed by atoms with Crippen molar-refractivity contribution in [3.63, 3.8) is 0 Å². The zero-order valence-corrected chi connectivity index (χ0v) is 16.3. The topological polar surface area (TPSA) is 121 Å². The first-order chi connectivity index (χ1) is 14.6. The number of rotatable bonds is 4. The van der Waals surface area contributed by atoms with Gasteiger partial charge in [-0.05, 0) is 37.3 Å². The Bertz CT molecular complexity index is 1050. The Hall–Kier alpha value is -3.89. The molecular formula is C20H19F3N6O2. The van der Waals surface area contributed by atoms with Gasteiger partial charge >= 0.3 is 6.18 Å². The Morgan fingerprint density at radius 2 is 1.87 bits per heavy atom. The van der Waals surface area contributed by atoms with Crippen LogP contribution in [0.2, 0.25) is 0 Å². The molecule has 2 aromatic carbocycles. The van der Waals surface area contributed by atoms with Gasteiger partial charge in [-0.1, -0.05) is 23.8 Å². The number of nitrogens with zero attached hydrogens (tertiary/aromatic N) is 2. The fourth-order valence-corrected chi connectivity index (χ4v) is 2.71. The van der Waals surface area contributed by atoms with E-state index in [1.165, 1.54) is 12.1 Å². The van der Waals surface area contributed by atoms with Crippen LogP contribution in [0.25, 0.3) is 0 Å². The van der Waals surface area contributed by atoms with Crippen LogP contribution in [0.3, 0.4) is 0 Å². The molecule has 5 N–H and O–H groups in total. The lowest BCUT2D eigenvalue weighted by molar-refractivity contribution is -0.137. The van der Waals surface area contributed by atoms with Gasteiger partial charge in [0.1, 0.15) is 6.04 Å². The number of halogens is 3. The van der Waals surface area contributed by atoms with Crippen molar-refractivity contribution in [2.45, 2.75) is 25.6 Å². The minimum absolute atomic E-state index is 0.0167. The summed E-state index contributed by atoms with van der Waals surface area (Å²) in [5.74, 6) is -1.32. The second kappa shape index (κ2) is 8.86. The molecule has 1 atom stereocenters. The van der Waals surface area contributed by atoms with Gasteiger partial charge in [0.2, 0.25) is 17.8 Å². The van der Waals surface area contributed by atoms with Crippen molar-refractivity contribution in [3.8, 4) is 0 Å². The summed E-state index contributed by atoms with van der Waals surface area (Å²) in [7, 11) is 0. The number of hydrogen-bond donors (Lipinski definition) is 4. The number of nitrogens with one attached hydrogen (secondary N) is 3. The predicted molar refractivity (Wildman–Crippen MR) is 110 cm³/mol. The molecule has 3 rings (SSSR count). The highest BCUT2D eigenvalue weighted by molar-refractivity contribution is 6.11. The number of aryl methyl sites for hydroxylation is 1. The molecule has 11 heteroatoms. The van der Waals surface area contributed by atoms with Gasteiger partial charge in [-0.25, -0.2) is 4.99 Å². The number of amides is 2. The average molecular weight is 432 g/mol. The largest absolute Gasteiger partial charge is 0.416 e. The molecule has 0 fully saturated rings. The van der Waals surface area contributed by atoms with Crippen molar-refractivity contribution >= 4 is 35.1 Å². The summed E-state index contributed by atoms with van der Waals surface area (Å²) in [6.07, 6.45) is -4.90. The summed E-state index contributed by atoms with van der Waals surface area (Å²) >= 11 is 0. The molecule has 0 aromatic heterocycles. The maximum absolute atomic E-state index is 12.8. The predicted octanol–water partition coefficient (Wildman–Crippen LogP) is 2.62. The number of nitrogens with two attached hydrogens (primary N) is 1. The van der Waals surface area contributed by atoms with E-state index in [1.54, 1.807) is 12.1 Å². The molecule has 0 bridgehead atoms. The maximum Gasteiger partial charge on any atom is 0.416 e. The van der Waals surface area contributed by atoms with Crippen molar-refractivity contribution < 1.29 is 22.8 Å². The van der Waals surface area contributed by atoms with Gasteiger partial charge < -0.3 is 16.4 Å². The maximum atomic E-state index is 12.8. The minimum Gasteiger partial charge on any atom is -0.369 e. The van der Waals surface area contributed by atoms with Crippen molar-refractivity contribution in [1.29, 1.82) is 0 Å². The third-order valence-electron chi connectivity index (χ3n) is 4.22. The fourth-order valence-electron chi connectivity index (χ4n) is 2.71. The monoisotopic (exact) mass is 432 g/mol. The second-order valence-electron chi connectivity index (χ2n) is 6.78. The number of hydrogen-bond acceptors (Lipinski definition) is 4. The quantitative estimate of drug-likeness (QED) is 0.438. The van der Waals surface area contributed by atoms with E-state index in [4.69, 9.17) is 5.73 Å². The summed E-state index contributed by atoms with van der Waals surface area (Å²) < 4.78 is 38.3. The lowest BCUT2D eigenvalue weighted by Gasteiger charge is -2.10. The first kappa shape index (κ1) is 21.8. The van der Waals surface area contributed by atoms with Crippen LogP contribution in [0.15, 0.2) is 58.5 Å². The smallest absolute Gasteiger partial charge is 0.369 e. The molecular weight excluding hydrogens is 413 g/mol. The summed E-state index contributed by atoms with van der Waals surface area (Å²) in [6, 6.07) is 10.5. The molecule has 0 saturated heterocycles. The van der Waals surface area contributed by atoms with E-state index in [0.717, 1.165) is 17.7 Å². The molecule has 31 heavy (non-hydrogen) atoms. The highest BCUT2D eigenvalue weighted by atomic mass is 19.4. The second-order valence-corrected chi connectivity index (χ2v) is 6.78. The van der Waals surface area contributed by atoms with Gasteiger partial charge in [-0.2, -0.15) is 18.2 Å². The zero-order valence-electron chi connectivity index (χ0n) is 16.3. The minimum atomic E-state index is -4.53. The Kier molecular flexibility index (Phi) is 6.23. The van der Waals surface area contributed by atoms with E-state index in [1.807, 2.05) is 19.1 Å². The normalized spacial score (nSPS) is 16.5. The van der Waals surface area contributed by atoms with Crippen LogP contribution in [-0.2, 0) is 15.8 Å². The molecule has 162 valence electrons. The van der Waals surface area contributed by atoms with E-state index in [9.17, 15) is 22.8 Å². The van der Waals surface area contributed by atoms with Crippen LogP contribution in [0, 0.1) is 6.92 Å². The number of benzene rings is 2. The van der Waals surface area contributed by atoms with E-state index >= 15 is 0 Å². The van der Waals surface area contributed by atoms with E-state index in [-0.39, 0.29) is 24.0 Å². The highest BCUT2D eigenvalue weighted by Crippen LogP contribution is 2.30. The van der Waals surface area contributed by atoms with Gasteiger partial charge in [0.05, 0.1) is 12.0 Å². The number of aliphatic imine (C=N–C) groups is 2. The summed E-state index contributed by atoms with van der Waals surface area (Å²) in [4.78, 5) is 32.2. The summed E-state index contributed by atoms with van der Waals surface area (Å²) in [5, 5.41) is 7.58. The summed E-state index contributed by atoms with van der Waals surface area (Å²) in [6.45, 7) is 1.94. The fraction of sp³-hybridized carbons (Fsp3) is 0.200. The zero-order chi connectivity index (χ0) is 22.6. The Morgan fingerprint density at radius 1 is 1.16 bits per heavy atom. The first-order valence-electron chi connectivity index (χ1n) is 9.14. The third-order valence-corrected chi connectivity index (χ3v) is 4.22. The SMILES string of the molecule is Cc1ccc(N/C(N)=N/C2=N[C@@H](CC(=O)Nc3cccc(C(F)(F)F)c3)C(=O)N2)cc1. The van der Waals surface area contributed by atoms with Gasteiger partial charge in [-0.3, -0.25) is 14.9 Å². The number of carbonyl (C=O) groups excluding carboxylic acids is 2. The molecule has 2 aromatic rings. The molecule has 1 aliphatic heterocycles. The van der Waals surface area contributed by atoms with Gasteiger partial charge in [0.15, 0.2) is 0 Å². The molecule has 0 aliphatic carbocycles. The number of carbonyl (C=O) groups is 2. The number of alkyl halides is 3. The average Bonchev–Trinajstić information content (AvgIpc) is 3.01. The molecule has 0 saturated carbocycles. The molecule has 0 spiro atoms. The van der Waals surface area contributed by atoms with Crippen molar-refractivity contribution in [3.05, 3.63) is 59.7 Å². The molecule has 1 aliphatic rings. The lowest BCUT2D eigenvalue weighted by Crippen LogP contribution is -2.32. The van der Waals surface area contributed by atoms with Crippen LogP contribution in [0.4, 0.5) is 24.5 Å². The van der Waals surface area contributed by atoms with E-state index in [2.05, 4.69) is 25.9 Å². The van der Waals surface area contributed by atoms with E-state index in [0.29, 0.717) is 5.69 Å². The standard InChI is InChI=1S/C20H19F3N6O2/c1-11-5-7-13(8-6-11)26-18(24)29-19-27-15(17(31)28-19)10-16(30)25-14-4-2-3-12(9-14)20(21,22)23/h2-9,15H,10H2,1H3,(H,25,30)(H4,24,26,27,28,29,31)/t15-/m0/s1. The van der Waals surface area contributed by atoms with Crippen LogP contribution >= 0.6 is 0 Å². The van der Waals surface area contributed by atoms with Crippen LogP contribution in [0.1, 0.15) is 17.5 Å². The Morgan fingerprint density at radius 3 is 2.55 bits per heavy atom. The van der Waals surface area contributed by atoms with Crippen LogP contribution in [0.5, 0.6) is 0 Å². The van der Waals surface area contributed by atoms with Gasteiger partial charge in [0.25, 0.3) is 5.91 Å². The van der Waals surface area contributed by atoms with E-state index < -0.39 is 29.6 Å². The number of guanidine groups is 2. The van der Waals surface area contributed by atoms with Crippen LogP contribution in [-0.4, -0.2) is 29.8 Å². The highest BCUT2D eigenvalue weighted by Gasteiger charge is 2.31. The Balaban J connectivity index is 1.61. The lowest BCUT2D eigenvalue weighted by atomic mass is 10.1. The summed E-state index contributed by atoms with van der Waals surface area (Å²) in [5.41, 5.74) is 6.63. The van der Waals surface area contributed by atoms with Crippen molar-refractivity contribution in [2.24, 2.45) is 15.7 Å². The van der Waals surface area contributed by atoms with Crippen molar-refractivity contribution in [1.82, 2.24) is 5.32 Å². The van der Waals surface area contributed by atoms with Gasteiger partial charge in [-0.15, -0.1) is 0 Å². The molecule has 1 heterocycles. The molecule has 8 nitrogen and oxygen atoms in total. The Labute approximate surface area is 175 Å². The third kappa shape index (κ3) is 6.04. The molecule has 2 amide bonds.